The first-order chi connectivity index (χ1) is 16.4. The molecular formula is C24H29N5O3S2. The zero-order valence-corrected chi connectivity index (χ0v) is 20.9. The molecule has 0 spiro atoms. The number of carbonyl (C=O) groups excluding carboxylic acids is 1. The van der Waals surface area contributed by atoms with Gasteiger partial charge in [0.05, 0.1) is 4.90 Å². The van der Waals surface area contributed by atoms with E-state index < -0.39 is 10.0 Å². The first-order valence-corrected chi connectivity index (χ1v) is 14.0. The quantitative estimate of drug-likeness (QED) is 0.533. The zero-order chi connectivity index (χ0) is 23.7. The van der Waals surface area contributed by atoms with Crippen LogP contribution in [0.5, 0.6) is 0 Å². The molecule has 1 amide bonds. The Morgan fingerprint density at radius 3 is 2.41 bits per heavy atom. The molecule has 34 heavy (non-hydrogen) atoms. The second-order valence-electron chi connectivity index (χ2n) is 8.94. The summed E-state index contributed by atoms with van der Waals surface area (Å²) in [4.78, 5) is 27.2. The van der Waals surface area contributed by atoms with Gasteiger partial charge in [0.2, 0.25) is 10.0 Å². The van der Waals surface area contributed by atoms with E-state index in [1.165, 1.54) is 10.7 Å². The van der Waals surface area contributed by atoms with Gasteiger partial charge in [-0.05, 0) is 49.2 Å². The molecule has 1 aliphatic heterocycles. The fraction of sp³-hybridized carbons (Fsp3) is 0.458. The number of anilines is 1. The summed E-state index contributed by atoms with van der Waals surface area (Å²) in [5.74, 6) is -0.0739. The van der Waals surface area contributed by atoms with Gasteiger partial charge < -0.3 is 9.80 Å². The van der Waals surface area contributed by atoms with Crippen LogP contribution in [0.1, 0.15) is 42.5 Å². The minimum atomic E-state index is -3.56. The molecule has 0 atom stereocenters. The van der Waals surface area contributed by atoms with E-state index in [2.05, 4.69) is 14.9 Å². The summed E-state index contributed by atoms with van der Waals surface area (Å²) in [5, 5.41) is 0.928. The van der Waals surface area contributed by atoms with Gasteiger partial charge in [0.15, 0.2) is 5.13 Å². The van der Waals surface area contributed by atoms with Gasteiger partial charge in [-0.1, -0.05) is 30.6 Å². The number of rotatable bonds is 5. The van der Waals surface area contributed by atoms with Gasteiger partial charge in [-0.3, -0.25) is 4.79 Å². The van der Waals surface area contributed by atoms with Gasteiger partial charge >= 0.3 is 0 Å². The van der Waals surface area contributed by atoms with Crippen LogP contribution in [0.3, 0.4) is 0 Å². The van der Waals surface area contributed by atoms with Gasteiger partial charge in [0.25, 0.3) is 5.91 Å². The number of aromatic nitrogens is 2. The molecular weight excluding hydrogens is 470 g/mol. The highest BCUT2D eigenvalue weighted by Gasteiger charge is 2.30. The average molecular weight is 500 g/mol. The van der Waals surface area contributed by atoms with Gasteiger partial charge in [-0.15, -0.1) is 0 Å². The second-order valence-corrected chi connectivity index (χ2v) is 11.9. The van der Waals surface area contributed by atoms with Crippen LogP contribution >= 0.6 is 11.3 Å². The number of hydrogen-bond donors (Lipinski definition) is 0. The Bertz CT molecular complexity index is 1230. The maximum Gasteiger partial charge on any atom is 0.253 e. The summed E-state index contributed by atoms with van der Waals surface area (Å²) in [7, 11) is -1.89. The Hall–Kier alpha value is -2.56. The van der Waals surface area contributed by atoms with E-state index in [-0.39, 0.29) is 16.8 Å². The summed E-state index contributed by atoms with van der Waals surface area (Å²) in [6.45, 7) is 2.58. The highest BCUT2D eigenvalue weighted by molar-refractivity contribution is 7.89. The predicted molar refractivity (Wildman–Crippen MR) is 134 cm³/mol. The number of carbonyl (C=O) groups is 1. The molecule has 0 unspecified atom stereocenters. The molecule has 3 heterocycles. The number of benzene rings is 1. The number of pyridine rings is 1. The molecule has 5 rings (SSSR count). The Morgan fingerprint density at radius 2 is 1.74 bits per heavy atom. The maximum atomic E-state index is 13.1. The molecule has 8 nitrogen and oxygen atoms in total. The largest absolute Gasteiger partial charge is 0.344 e. The minimum Gasteiger partial charge on any atom is -0.344 e. The Morgan fingerprint density at radius 1 is 1.03 bits per heavy atom. The first-order valence-electron chi connectivity index (χ1n) is 11.8. The third kappa shape index (κ3) is 4.54. The van der Waals surface area contributed by atoms with E-state index in [0.29, 0.717) is 31.7 Å². The van der Waals surface area contributed by atoms with E-state index in [0.717, 1.165) is 41.2 Å². The van der Waals surface area contributed by atoms with Crippen molar-refractivity contribution in [3.05, 3.63) is 48.2 Å². The highest BCUT2D eigenvalue weighted by Crippen LogP contribution is 2.29. The number of fused-ring (bicyclic) bond motifs is 1. The highest BCUT2D eigenvalue weighted by atomic mass is 32.2. The van der Waals surface area contributed by atoms with E-state index >= 15 is 0 Å². The number of amides is 1. The Kier molecular flexibility index (Phi) is 6.54. The van der Waals surface area contributed by atoms with Crippen LogP contribution in [0.4, 0.5) is 5.13 Å². The summed E-state index contributed by atoms with van der Waals surface area (Å²) in [6, 6.07) is 10.3. The molecule has 2 aliphatic rings. The summed E-state index contributed by atoms with van der Waals surface area (Å²) >= 11 is 1.57. The monoisotopic (exact) mass is 499 g/mol. The predicted octanol–water partition coefficient (Wildman–Crippen LogP) is 3.61. The van der Waals surface area contributed by atoms with Crippen molar-refractivity contribution in [3.63, 3.8) is 0 Å². The molecule has 1 saturated carbocycles. The lowest BCUT2D eigenvalue weighted by Crippen LogP contribution is -2.48. The number of thiazole rings is 1. The molecule has 1 aliphatic carbocycles. The van der Waals surface area contributed by atoms with Crippen LogP contribution < -0.4 is 4.90 Å². The molecule has 1 saturated heterocycles. The van der Waals surface area contributed by atoms with Crippen molar-refractivity contribution in [3.8, 4) is 0 Å². The van der Waals surface area contributed by atoms with Crippen molar-refractivity contribution < 1.29 is 13.2 Å². The lowest BCUT2D eigenvalue weighted by Gasteiger charge is -2.34. The molecule has 3 aromatic rings. The minimum absolute atomic E-state index is 0.0579. The van der Waals surface area contributed by atoms with Crippen molar-refractivity contribution in [1.82, 2.24) is 19.2 Å². The van der Waals surface area contributed by atoms with Gasteiger partial charge in [-0.25, -0.2) is 18.4 Å². The second kappa shape index (κ2) is 9.59. The van der Waals surface area contributed by atoms with E-state index in [1.54, 1.807) is 48.8 Å². The van der Waals surface area contributed by atoms with Gasteiger partial charge in [-0.2, -0.15) is 4.31 Å². The molecule has 180 valence electrons. The summed E-state index contributed by atoms with van der Waals surface area (Å²) in [6.07, 6.45) is 6.90. The van der Waals surface area contributed by atoms with E-state index in [9.17, 15) is 13.2 Å². The van der Waals surface area contributed by atoms with Crippen LogP contribution in [0.2, 0.25) is 0 Å². The third-order valence-electron chi connectivity index (χ3n) is 6.86. The fourth-order valence-corrected chi connectivity index (χ4v) is 7.13. The number of piperazine rings is 1. The zero-order valence-electron chi connectivity index (χ0n) is 19.3. The van der Waals surface area contributed by atoms with Gasteiger partial charge in [0.1, 0.15) is 10.3 Å². The molecule has 2 fully saturated rings. The Labute approximate surface area is 204 Å². The van der Waals surface area contributed by atoms with Crippen LogP contribution in [0.25, 0.3) is 10.3 Å². The van der Waals surface area contributed by atoms with E-state index in [4.69, 9.17) is 0 Å². The normalized spacial score (nSPS) is 18.1. The van der Waals surface area contributed by atoms with Crippen molar-refractivity contribution in [1.29, 1.82) is 0 Å². The smallest absolute Gasteiger partial charge is 0.253 e. The molecule has 0 bridgehead atoms. The van der Waals surface area contributed by atoms with Crippen molar-refractivity contribution in [2.24, 2.45) is 0 Å². The van der Waals surface area contributed by atoms with Gasteiger partial charge in [0, 0.05) is 51.0 Å². The fourth-order valence-electron chi connectivity index (χ4n) is 4.75. The topological polar surface area (TPSA) is 86.7 Å². The van der Waals surface area contributed by atoms with Crippen molar-refractivity contribution in [2.45, 2.75) is 43.0 Å². The van der Waals surface area contributed by atoms with Crippen LogP contribution in [-0.2, 0) is 10.0 Å². The Balaban J connectivity index is 1.22. The van der Waals surface area contributed by atoms with Crippen LogP contribution in [0.15, 0.2) is 47.5 Å². The summed E-state index contributed by atoms with van der Waals surface area (Å²) in [5.41, 5.74) is 1.40. The summed E-state index contributed by atoms with van der Waals surface area (Å²) < 4.78 is 27.6. The van der Waals surface area contributed by atoms with E-state index in [1.807, 2.05) is 17.0 Å². The standard InChI is InChI=1S/C24H29N5O3S2/c1-27(19-6-3-2-4-7-19)34(31,32)20-11-9-18(10-12-20)23(30)28-14-16-29(17-15-28)24-26-21-8-5-13-25-22(21)33-24/h5,8-13,19H,2-4,6-7,14-17H2,1H3. The first kappa shape index (κ1) is 23.2. The number of nitrogens with zero attached hydrogens (tertiary/aromatic N) is 5. The molecule has 10 heteroatoms. The van der Waals surface area contributed by atoms with Crippen LogP contribution in [0, 0.1) is 0 Å². The SMILES string of the molecule is CN(C1CCCCC1)S(=O)(=O)c1ccc(C(=O)N2CCN(c3nc4cccnc4s3)CC2)cc1. The molecule has 1 aromatic carbocycles. The lowest BCUT2D eigenvalue weighted by atomic mass is 9.96. The molecule has 0 radical (unpaired) electrons. The maximum absolute atomic E-state index is 13.1. The third-order valence-corrected chi connectivity index (χ3v) is 9.82. The number of sulfonamides is 1. The van der Waals surface area contributed by atoms with Crippen molar-refractivity contribution >= 4 is 42.7 Å². The lowest BCUT2D eigenvalue weighted by molar-refractivity contribution is 0.0746. The molecule has 2 aromatic heterocycles. The van der Waals surface area contributed by atoms with Crippen LogP contribution in [-0.4, -0.2) is 72.8 Å². The number of hydrogen-bond acceptors (Lipinski definition) is 7. The molecule has 0 N–H and O–H groups in total. The van der Waals surface area contributed by atoms with Crippen molar-refractivity contribution in [2.75, 3.05) is 38.1 Å². The average Bonchev–Trinajstić information content (AvgIpc) is 3.33.